The summed E-state index contributed by atoms with van der Waals surface area (Å²) in [6.07, 6.45) is 5.73. The molecule has 2 unspecified atom stereocenters. The van der Waals surface area contributed by atoms with Crippen LogP contribution in [0.3, 0.4) is 0 Å². The van der Waals surface area contributed by atoms with Crippen LogP contribution in [-0.2, 0) is 10.0 Å². The molecule has 1 aromatic rings. The second kappa shape index (κ2) is 7.27. The summed E-state index contributed by atoms with van der Waals surface area (Å²) in [5.74, 6) is -0.132. The number of fused-ring (bicyclic) bond motifs is 2. The molecule has 2 fully saturated rings. The number of hydrogen-bond acceptors (Lipinski definition) is 4. The lowest BCUT2D eigenvalue weighted by Gasteiger charge is -2.35. The van der Waals surface area contributed by atoms with Gasteiger partial charge in [0.2, 0.25) is 10.0 Å². The molecule has 0 spiro atoms. The molecule has 7 heteroatoms. The minimum atomic E-state index is -3.64. The molecule has 2 bridgehead atoms. The van der Waals surface area contributed by atoms with Gasteiger partial charge in [0.15, 0.2) is 0 Å². The Morgan fingerprint density at radius 2 is 2.04 bits per heavy atom. The SMILES string of the molecule is C=CCNS(=O)(=O)c1cccc(C(=O)N(C)C2CC3CCC(C2)N3)c1. The molecule has 2 atom stereocenters. The molecule has 6 nitrogen and oxygen atoms in total. The largest absolute Gasteiger partial charge is 0.339 e. The zero-order chi connectivity index (χ0) is 18.0. The van der Waals surface area contributed by atoms with Gasteiger partial charge >= 0.3 is 0 Å². The summed E-state index contributed by atoms with van der Waals surface area (Å²) in [5, 5.41) is 3.57. The summed E-state index contributed by atoms with van der Waals surface area (Å²) in [7, 11) is -1.82. The van der Waals surface area contributed by atoms with E-state index in [1.165, 1.54) is 31.1 Å². The molecule has 2 N–H and O–H groups in total. The van der Waals surface area contributed by atoms with Crippen molar-refractivity contribution in [3.8, 4) is 0 Å². The quantitative estimate of drug-likeness (QED) is 0.751. The van der Waals surface area contributed by atoms with E-state index < -0.39 is 10.0 Å². The maximum atomic E-state index is 12.8. The fourth-order valence-electron chi connectivity index (χ4n) is 3.76. The molecule has 1 aromatic carbocycles. The number of piperidine rings is 1. The molecule has 2 aliphatic heterocycles. The molecule has 0 saturated carbocycles. The normalized spacial score (nSPS) is 25.6. The number of amides is 1. The second-order valence-corrected chi connectivity index (χ2v) is 8.61. The molecule has 136 valence electrons. The van der Waals surface area contributed by atoms with E-state index >= 15 is 0 Å². The van der Waals surface area contributed by atoms with Gasteiger partial charge in [-0.25, -0.2) is 13.1 Å². The van der Waals surface area contributed by atoms with Gasteiger partial charge in [-0.3, -0.25) is 4.79 Å². The van der Waals surface area contributed by atoms with Gasteiger partial charge in [-0.2, -0.15) is 0 Å². The van der Waals surface area contributed by atoms with Crippen molar-refractivity contribution in [3.63, 3.8) is 0 Å². The molecular weight excluding hydrogens is 338 g/mol. The van der Waals surface area contributed by atoms with Crippen LogP contribution in [0.4, 0.5) is 0 Å². The fraction of sp³-hybridized carbons (Fsp3) is 0.500. The first-order chi connectivity index (χ1) is 11.9. The van der Waals surface area contributed by atoms with E-state index in [1.807, 2.05) is 7.05 Å². The molecule has 0 aromatic heterocycles. The maximum Gasteiger partial charge on any atom is 0.253 e. The van der Waals surface area contributed by atoms with Gasteiger partial charge in [0.1, 0.15) is 0 Å². The van der Waals surface area contributed by atoms with Crippen molar-refractivity contribution < 1.29 is 13.2 Å². The highest BCUT2D eigenvalue weighted by molar-refractivity contribution is 7.89. The first kappa shape index (κ1) is 18.1. The number of nitrogens with zero attached hydrogens (tertiary/aromatic N) is 1. The molecule has 1 amide bonds. The predicted molar refractivity (Wildman–Crippen MR) is 96.9 cm³/mol. The van der Waals surface area contributed by atoms with Crippen LogP contribution < -0.4 is 10.0 Å². The lowest BCUT2D eigenvalue weighted by molar-refractivity contribution is 0.0681. The Kier molecular flexibility index (Phi) is 5.27. The van der Waals surface area contributed by atoms with Crippen molar-refractivity contribution in [2.75, 3.05) is 13.6 Å². The van der Waals surface area contributed by atoms with Crippen LogP contribution in [0, 0.1) is 0 Å². The first-order valence-electron chi connectivity index (χ1n) is 8.64. The van der Waals surface area contributed by atoms with Crippen LogP contribution in [0.25, 0.3) is 0 Å². The number of carbonyl (C=O) groups excluding carboxylic acids is 1. The lowest BCUT2D eigenvalue weighted by atomic mass is 9.98. The average Bonchev–Trinajstić information content (AvgIpc) is 2.96. The van der Waals surface area contributed by atoms with E-state index in [0.29, 0.717) is 17.6 Å². The summed E-state index contributed by atoms with van der Waals surface area (Å²) in [4.78, 5) is 14.7. The van der Waals surface area contributed by atoms with Crippen LogP contribution in [-0.4, -0.2) is 50.9 Å². The summed E-state index contributed by atoms with van der Waals surface area (Å²) in [5.41, 5.74) is 0.398. The number of hydrogen-bond donors (Lipinski definition) is 2. The van der Waals surface area contributed by atoms with E-state index in [9.17, 15) is 13.2 Å². The van der Waals surface area contributed by atoms with Crippen molar-refractivity contribution >= 4 is 15.9 Å². The van der Waals surface area contributed by atoms with Crippen LogP contribution >= 0.6 is 0 Å². The van der Waals surface area contributed by atoms with Gasteiger partial charge < -0.3 is 10.2 Å². The van der Waals surface area contributed by atoms with Crippen molar-refractivity contribution in [1.29, 1.82) is 0 Å². The lowest BCUT2D eigenvalue weighted by Crippen LogP contribution is -2.48. The van der Waals surface area contributed by atoms with Gasteiger partial charge in [-0.15, -0.1) is 6.58 Å². The number of sulfonamides is 1. The average molecular weight is 363 g/mol. The van der Waals surface area contributed by atoms with E-state index in [4.69, 9.17) is 0 Å². The van der Waals surface area contributed by atoms with Crippen molar-refractivity contribution in [2.45, 2.75) is 48.7 Å². The third-order valence-electron chi connectivity index (χ3n) is 5.13. The van der Waals surface area contributed by atoms with E-state index in [2.05, 4.69) is 16.6 Å². The first-order valence-corrected chi connectivity index (χ1v) is 10.1. The van der Waals surface area contributed by atoms with Crippen LogP contribution in [0.5, 0.6) is 0 Å². The molecule has 2 aliphatic rings. The smallest absolute Gasteiger partial charge is 0.253 e. The third-order valence-corrected chi connectivity index (χ3v) is 6.55. The van der Waals surface area contributed by atoms with Gasteiger partial charge in [0.25, 0.3) is 5.91 Å². The van der Waals surface area contributed by atoms with E-state index in [0.717, 1.165) is 12.8 Å². The predicted octanol–water partition coefficient (Wildman–Crippen LogP) is 1.51. The Morgan fingerprint density at radius 1 is 1.36 bits per heavy atom. The van der Waals surface area contributed by atoms with Gasteiger partial charge in [-0.1, -0.05) is 12.1 Å². The summed E-state index contributed by atoms with van der Waals surface area (Å²) < 4.78 is 26.9. The monoisotopic (exact) mass is 363 g/mol. The third kappa shape index (κ3) is 3.94. The topological polar surface area (TPSA) is 78.5 Å². The highest BCUT2D eigenvalue weighted by atomic mass is 32.2. The summed E-state index contributed by atoms with van der Waals surface area (Å²) in [6, 6.07) is 7.40. The number of nitrogens with one attached hydrogen (secondary N) is 2. The van der Waals surface area contributed by atoms with Gasteiger partial charge in [0, 0.05) is 37.3 Å². The molecule has 25 heavy (non-hydrogen) atoms. The van der Waals surface area contributed by atoms with Crippen LogP contribution in [0.2, 0.25) is 0 Å². The molecule has 2 heterocycles. The minimum absolute atomic E-state index is 0.0963. The molecule has 2 saturated heterocycles. The molecular formula is C18H25N3O3S. The highest BCUT2D eigenvalue weighted by Crippen LogP contribution is 2.30. The number of rotatable bonds is 6. The summed E-state index contributed by atoms with van der Waals surface area (Å²) in [6.45, 7) is 3.65. The van der Waals surface area contributed by atoms with Crippen molar-refractivity contribution in [1.82, 2.24) is 14.9 Å². The maximum absolute atomic E-state index is 12.8. The second-order valence-electron chi connectivity index (χ2n) is 6.85. The molecule has 0 radical (unpaired) electrons. The van der Waals surface area contributed by atoms with Gasteiger partial charge in [-0.05, 0) is 43.9 Å². The Morgan fingerprint density at radius 3 is 2.68 bits per heavy atom. The Hall–Kier alpha value is -1.70. The standard InChI is InChI=1S/C18H25N3O3S/c1-3-9-19-25(23,24)17-6-4-5-13(10-17)18(22)21(2)16-11-14-7-8-15(12-16)20-14/h3-6,10,14-16,19-20H,1,7-9,11-12H2,2H3. The van der Waals surface area contributed by atoms with E-state index in [-0.39, 0.29) is 23.4 Å². The fourth-order valence-corrected chi connectivity index (χ4v) is 4.80. The van der Waals surface area contributed by atoms with Gasteiger partial charge in [0.05, 0.1) is 4.90 Å². The van der Waals surface area contributed by atoms with E-state index in [1.54, 1.807) is 17.0 Å². The number of benzene rings is 1. The Balaban J connectivity index is 1.76. The molecule has 3 rings (SSSR count). The Labute approximate surface area is 149 Å². The van der Waals surface area contributed by atoms with Crippen molar-refractivity contribution in [3.05, 3.63) is 42.5 Å². The summed E-state index contributed by atoms with van der Waals surface area (Å²) >= 11 is 0. The Bertz CT molecular complexity index is 751. The van der Waals surface area contributed by atoms with Crippen LogP contribution in [0.1, 0.15) is 36.0 Å². The number of carbonyl (C=O) groups is 1. The zero-order valence-electron chi connectivity index (χ0n) is 14.4. The highest BCUT2D eigenvalue weighted by Gasteiger charge is 2.36. The van der Waals surface area contributed by atoms with Crippen molar-refractivity contribution in [2.24, 2.45) is 0 Å². The minimum Gasteiger partial charge on any atom is -0.339 e. The molecule has 0 aliphatic carbocycles. The zero-order valence-corrected chi connectivity index (χ0v) is 15.3. The van der Waals surface area contributed by atoms with Crippen LogP contribution in [0.15, 0.2) is 41.8 Å².